The maximum Gasteiger partial charge on any atom is 0.110 e. The fourth-order valence-corrected chi connectivity index (χ4v) is 1.67. The third-order valence-electron chi connectivity index (χ3n) is 0.885. The summed E-state index contributed by atoms with van der Waals surface area (Å²) in [7, 11) is 0. The van der Waals surface area contributed by atoms with E-state index in [1.54, 1.807) is 17.5 Å². The van der Waals surface area contributed by atoms with Crippen LogP contribution in [0.1, 0.15) is 18.0 Å². The second-order valence-electron chi connectivity index (χ2n) is 1.79. The molecule has 1 rings (SSSR count). The number of hydrogen-bond acceptors (Lipinski definition) is 3. The van der Waals surface area contributed by atoms with Crippen LogP contribution < -0.4 is 5.73 Å². The number of hydrogen-bond donors (Lipinski definition) is 1. The van der Waals surface area contributed by atoms with Crippen LogP contribution in [0.15, 0.2) is 9.98 Å². The minimum Gasteiger partial charge on any atom is -0.322 e. The van der Waals surface area contributed by atoms with Crippen LogP contribution in [0.3, 0.4) is 0 Å². The molecule has 10 heavy (non-hydrogen) atoms. The van der Waals surface area contributed by atoms with Crippen LogP contribution in [0, 0.1) is 0 Å². The van der Waals surface area contributed by atoms with Gasteiger partial charge in [0, 0.05) is 0 Å². The average molecular weight is 244 g/mol. The number of thiazole rings is 1. The molecule has 1 aromatic rings. The Balaban J connectivity index is 0.000000810. The lowest BCUT2D eigenvalue weighted by Gasteiger charge is -1.94. The first-order valence-corrected chi connectivity index (χ1v) is 4.18. The van der Waals surface area contributed by atoms with Gasteiger partial charge < -0.3 is 5.73 Å². The van der Waals surface area contributed by atoms with Crippen LogP contribution >= 0.6 is 39.7 Å². The third kappa shape index (κ3) is 2.54. The quantitative estimate of drug-likeness (QED) is 0.822. The molecule has 0 radical (unpaired) electrons. The van der Waals surface area contributed by atoms with Gasteiger partial charge in [-0.15, -0.1) is 23.7 Å². The highest BCUT2D eigenvalue weighted by molar-refractivity contribution is 9.11. The van der Waals surface area contributed by atoms with Gasteiger partial charge in [0.05, 0.1) is 16.0 Å². The molecule has 0 amide bonds. The van der Waals surface area contributed by atoms with E-state index < -0.39 is 0 Å². The first kappa shape index (κ1) is 10.4. The molecule has 1 heterocycles. The minimum absolute atomic E-state index is 0. The van der Waals surface area contributed by atoms with Crippen LogP contribution in [-0.2, 0) is 0 Å². The normalized spacial score (nSPS) is 12.3. The van der Waals surface area contributed by atoms with Crippen molar-refractivity contribution in [2.24, 2.45) is 5.73 Å². The van der Waals surface area contributed by atoms with Crippen LogP contribution in [0.25, 0.3) is 0 Å². The Hall–Kier alpha value is 0.360. The van der Waals surface area contributed by atoms with Gasteiger partial charge in [0.2, 0.25) is 0 Å². The predicted molar refractivity (Wildman–Crippen MR) is 49.7 cm³/mol. The monoisotopic (exact) mass is 242 g/mol. The van der Waals surface area contributed by atoms with Crippen molar-refractivity contribution >= 4 is 39.7 Å². The predicted octanol–water partition coefficient (Wildman–Crippen LogP) is 2.35. The molecule has 1 aromatic heterocycles. The number of nitrogens with zero attached hydrogens (tertiary/aromatic N) is 1. The van der Waals surface area contributed by atoms with Crippen LogP contribution in [0.5, 0.6) is 0 Å². The highest BCUT2D eigenvalue weighted by Gasteiger charge is 2.02. The van der Waals surface area contributed by atoms with Crippen molar-refractivity contribution in [1.82, 2.24) is 4.98 Å². The summed E-state index contributed by atoms with van der Waals surface area (Å²) in [5, 5.41) is 0.974. The van der Waals surface area contributed by atoms with E-state index in [9.17, 15) is 0 Å². The number of nitrogens with two attached hydrogens (primary N) is 1. The molecule has 0 spiro atoms. The van der Waals surface area contributed by atoms with Crippen molar-refractivity contribution in [2.45, 2.75) is 13.0 Å². The van der Waals surface area contributed by atoms with E-state index in [4.69, 9.17) is 5.73 Å². The van der Waals surface area contributed by atoms with Crippen LogP contribution in [0.4, 0.5) is 0 Å². The molecule has 0 bridgehead atoms. The van der Waals surface area contributed by atoms with Gasteiger partial charge in [-0.05, 0) is 22.9 Å². The lowest BCUT2D eigenvalue weighted by molar-refractivity contribution is 0.807. The molecule has 0 fully saturated rings. The molecular weight excluding hydrogens is 235 g/mol. The first-order valence-electron chi connectivity index (χ1n) is 2.57. The number of aromatic nitrogens is 1. The summed E-state index contributed by atoms with van der Waals surface area (Å²) in [6.07, 6.45) is 1.77. The molecule has 0 aliphatic carbocycles. The standard InChI is InChI=1S/C5H7BrN2S.ClH/c1-3(7)5-8-2-4(6)9-5;/h2-3H,7H2,1H3;1H. The van der Waals surface area contributed by atoms with Crippen molar-refractivity contribution in [3.8, 4) is 0 Å². The van der Waals surface area contributed by atoms with Crippen LogP contribution in [0.2, 0.25) is 0 Å². The van der Waals surface area contributed by atoms with E-state index in [1.807, 2.05) is 6.92 Å². The van der Waals surface area contributed by atoms with Gasteiger partial charge in [0.25, 0.3) is 0 Å². The maximum atomic E-state index is 5.55. The van der Waals surface area contributed by atoms with Gasteiger partial charge in [0.1, 0.15) is 5.01 Å². The second-order valence-corrected chi connectivity index (χ2v) is 4.23. The zero-order valence-corrected chi connectivity index (χ0v) is 8.59. The average Bonchev–Trinajstić information content (AvgIpc) is 2.14. The van der Waals surface area contributed by atoms with Gasteiger partial charge in [-0.3, -0.25) is 0 Å². The topological polar surface area (TPSA) is 38.9 Å². The van der Waals surface area contributed by atoms with E-state index in [-0.39, 0.29) is 18.4 Å². The van der Waals surface area contributed by atoms with Gasteiger partial charge in [-0.1, -0.05) is 0 Å². The Morgan fingerprint density at radius 1 is 1.80 bits per heavy atom. The molecule has 0 saturated heterocycles. The first-order chi connectivity index (χ1) is 4.20. The fraction of sp³-hybridized carbons (Fsp3) is 0.400. The van der Waals surface area contributed by atoms with E-state index in [0.717, 1.165) is 8.79 Å². The Morgan fingerprint density at radius 2 is 2.40 bits per heavy atom. The fourth-order valence-electron chi connectivity index (χ4n) is 0.477. The SMILES string of the molecule is CC(N)c1ncc(Br)s1.Cl. The van der Waals surface area contributed by atoms with E-state index in [0.29, 0.717) is 0 Å². The van der Waals surface area contributed by atoms with Gasteiger partial charge in [-0.25, -0.2) is 4.98 Å². The van der Waals surface area contributed by atoms with E-state index in [1.165, 1.54) is 0 Å². The zero-order chi connectivity index (χ0) is 6.85. The van der Waals surface area contributed by atoms with Gasteiger partial charge >= 0.3 is 0 Å². The lowest BCUT2D eigenvalue weighted by atomic mass is 10.4. The molecule has 0 aliphatic heterocycles. The van der Waals surface area contributed by atoms with Crippen molar-refractivity contribution in [3.63, 3.8) is 0 Å². The van der Waals surface area contributed by atoms with E-state index >= 15 is 0 Å². The third-order valence-corrected chi connectivity index (χ3v) is 2.56. The molecule has 58 valence electrons. The molecule has 0 aromatic carbocycles. The Bertz CT molecular complexity index is 201. The molecule has 2 nitrogen and oxygen atoms in total. The molecule has 5 heteroatoms. The molecule has 1 atom stereocenters. The molecule has 0 aliphatic rings. The molecule has 1 unspecified atom stereocenters. The smallest absolute Gasteiger partial charge is 0.110 e. The highest BCUT2D eigenvalue weighted by atomic mass is 79.9. The summed E-state index contributed by atoms with van der Waals surface area (Å²) in [5.41, 5.74) is 5.55. The zero-order valence-electron chi connectivity index (χ0n) is 5.37. The Kier molecular flexibility index (Phi) is 4.44. The van der Waals surface area contributed by atoms with Crippen molar-refractivity contribution < 1.29 is 0 Å². The van der Waals surface area contributed by atoms with Crippen molar-refractivity contribution in [1.29, 1.82) is 0 Å². The Labute approximate surface area is 78.4 Å². The molecule has 2 N–H and O–H groups in total. The summed E-state index contributed by atoms with van der Waals surface area (Å²) in [6.45, 7) is 1.92. The molecule has 0 saturated carbocycles. The number of rotatable bonds is 1. The van der Waals surface area contributed by atoms with Gasteiger partial charge in [0.15, 0.2) is 0 Å². The van der Waals surface area contributed by atoms with Crippen LogP contribution in [-0.4, -0.2) is 4.98 Å². The summed E-state index contributed by atoms with van der Waals surface area (Å²) >= 11 is 4.88. The summed E-state index contributed by atoms with van der Waals surface area (Å²) in [4.78, 5) is 4.06. The molecular formula is C5H8BrClN2S. The highest BCUT2D eigenvalue weighted by Crippen LogP contribution is 2.22. The van der Waals surface area contributed by atoms with Crippen molar-refractivity contribution in [2.75, 3.05) is 0 Å². The summed E-state index contributed by atoms with van der Waals surface area (Å²) in [6, 6.07) is 0.0568. The van der Waals surface area contributed by atoms with Gasteiger partial charge in [-0.2, -0.15) is 0 Å². The lowest BCUT2D eigenvalue weighted by Crippen LogP contribution is -2.03. The minimum atomic E-state index is 0. The van der Waals surface area contributed by atoms with Crippen molar-refractivity contribution in [3.05, 3.63) is 15.0 Å². The summed E-state index contributed by atoms with van der Waals surface area (Å²) in [5.74, 6) is 0. The summed E-state index contributed by atoms with van der Waals surface area (Å²) < 4.78 is 1.04. The van der Waals surface area contributed by atoms with E-state index in [2.05, 4.69) is 20.9 Å². The maximum absolute atomic E-state index is 5.55. The Morgan fingerprint density at radius 3 is 2.60 bits per heavy atom. The number of halogens is 2. The second kappa shape index (κ2) is 4.28. The largest absolute Gasteiger partial charge is 0.322 e.